The van der Waals surface area contributed by atoms with Gasteiger partial charge in [0, 0.05) is 22.7 Å². The number of anilines is 1. The second-order valence-corrected chi connectivity index (χ2v) is 7.32. The van der Waals surface area contributed by atoms with Crippen molar-refractivity contribution in [3.63, 3.8) is 0 Å². The Morgan fingerprint density at radius 1 is 1.15 bits per heavy atom. The third-order valence-electron chi connectivity index (χ3n) is 5.17. The molecule has 1 aromatic heterocycles. The number of hydrogen-bond donors (Lipinski definition) is 2. The number of hydrogen-bond acceptors (Lipinski definition) is 3. The fourth-order valence-corrected chi connectivity index (χ4v) is 3.91. The first-order chi connectivity index (χ1) is 12.6. The van der Waals surface area contributed by atoms with Crippen LogP contribution in [-0.2, 0) is 6.54 Å². The molecular weight excluding hydrogens is 351 g/mol. The molecule has 0 spiro atoms. The maximum atomic E-state index is 14.3. The van der Waals surface area contributed by atoms with E-state index in [2.05, 4.69) is 5.32 Å². The van der Waals surface area contributed by atoms with E-state index in [-0.39, 0.29) is 17.9 Å². The summed E-state index contributed by atoms with van der Waals surface area (Å²) in [6.07, 6.45) is 4.35. The highest BCUT2D eigenvalue weighted by Gasteiger charge is 2.24. The molecule has 0 aliphatic heterocycles. The molecule has 136 valence electrons. The first-order valence-corrected chi connectivity index (χ1v) is 9.41. The van der Waals surface area contributed by atoms with Gasteiger partial charge < -0.3 is 15.6 Å². The van der Waals surface area contributed by atoms with E-state index in [0.29, 0.717) is 23.1 Å². The van der Waals surface area contributed by atoms with Crippen molar-refractivity contribution in [2.45, 2.75) is 44.3 Å². The minimum absolute atomic E-state index is 0.106. The Balaban J connectivity index is 1.74. The van der Waals surface area contributed by atoms with Crippen molar-refractivity contribution >= 4 is 28.6 Å². The van der Waals surface area contributed by atoms with Crippen molar-refractivity contribution in [1.82, 2.24) is 9.55 Å². The maximum Gasteiger partial charge on any atom is 0.204 e. The predicted octanol–water partition coefficient (Wildman–Crippen LogP) is 4.56. The minimum Gasteiger partial charge on any atom is -0.351 e. The second-order valence-electron chi connectivity index (χ2n) is 6.91. The SMILES string of the molecule is N[C@@H]1CCCC[C@H]1Nc1nc2ccccc2n1Cc1c(F)cccc1Cl. The van der Waals surface area contributed by atoms with Gasteiger partial charge in [0.1, 0.15) is 5.82 Å². The average molecular weight is 373 g/mol. The molecule has 0 unspecified atom stereocenters. The Morgan fingerprint density at radius 2 is 1.96 bits per heavy atom. The Morgan fingerprint density at radius 3 is 2.77 bits per heavy atom. The zero-order chi connectivity index (χ0) is 18.1. The summed E-state index contributed by atoms with van der Waals surface area (Å²) in [6, 6.07) is 12.9. The highest BCUT2D eigenvalue weighted by atomic mass is 35.5. The van der Waals surface area contributed by atoms with E-state index < -0.39 is 0 Å². The standard InChI is InChI=1S/C20H22ClFN4/c21-14-6-5-7-15(22)13(14)12-26-19-11-4-3-10-18(19)25-20(26)24-17-9-2-1-8-16(17)23/h3-7,10-11,16-17H,1-2,8-9,12,23H2,(H,24,25)/t16-,17-/m1/s1. The summed E-state index contributed by atoms with van der Waals surface area (Å²) in [6.45, 7) is 0.316. The van der Waals surface area contributed by atoms with Gasteiger partial charge in [-0.2, -0.15) is 0 Å². The van der Waals surface area contributed by atoms with Gasteiger partial charge in [0.2, 0.25) is 5.95 Å². The van der Waals surface area contributed by atoms with Crippen LogP contribution in [0, 0.1) is 5.82 Å². The summed E-state index contributed by atoms with van der Waals surface area (Å²) >= 11 is 6.25. The highest BCUT2D eigenvalue weighted by molar-refractivity contribution is 6.31. The summed E-state index contributed by atoms with van der Waals surface area (Å²) in [5.41, 5.74) is 8.57. The lowest BCUT2D eigenvalue weighted by molar-refractivity contribution is 0.401. The number of rotatable bonds is 4. The molecule has 1 aliphatic rings. The molecule has 4 nitrogen and oxygen atoms in total. The van der Waals surface area contributed by atoms with Crippen molar-refractivity contribution in [2.75, 3.05) is 5.32 Å². The highest BCUT2D eigenvalue weighted by Crippen LogP contribution is 2.28. The second kappa shape index (κ2) is 7.25. The molecule has 0 bridgehead atoms. The van der Waals surface area contributed by atoms with Gasteiger partial charge in [0.05, 0.1) is 17.6 Å². The topological polar surface area (TPSA) is 55.9 Å². The first kappa shape index (κ1) is 17.3. The number of nitrogens with zero attached hydrogens (tertiary/aromatic N) is 2. The first-order valence-electron chi connectivity index (χ1n) is 9.04. The maximum absolute atomic E-state index is 14.3. The van der Waals surface area contributed by atoms with Gasteiger partial charge in [-0.3, -0.25) is 0 Å². The number of imidazole rings is 1. The Labute approximate surface area is 157 Å². The number of para-hydroxylation sites is 2. The Hall–Kier alpha value is -2.11. The molecule has 0 saturated heterocycles. The van der Waals surface area contributed by atoms with Crippen LogP contribution >= 0.6 is 11.6 Å². The van der Waals surface area contributed by atoms with Crippen LogP contribution in [0.5, 0.6) is 0 Å². The molecule has 3 N–H and O–H groups in total. The van der Waals surface area contributed by atoms with Gasteiger partial charge >= 0.3 is 0 Å². The average Bonchev–Trinajstić information content (AvgIpc) is 2.97. The number of aromatic nitrogens is 2. The molecule has 1 heterocycles. The van der Waals surface area contributed by atoms with Crippen LogP contribution in [-0.4, -0.2) is 21.6 Å². The van der Waals surface area contributed by atoms with Gasteiger partial charge in [-0.15, -0.1) is 0 Å². The Kier molecular flexibility index (Phi) is 4.83. The van der Waals surface area contributed by atoms with E-state index in [1.165, 1.54) is 12.5 Å². The van der Waals surface area contributed by atoms with E-state index in [0.717, 1.165) is 30.3 Å². The smallest absolute Gasteiger partial charge is 0.204 e. The van der Waals surface area contributed by atoms with Crippen LogP contribution in [0.15, 0.2) is 42.5 Å². The van der Waals surface area contributed by atoms with Crippen molar-refractivity contribution < 1.29 is 4.39 Å². The van der Waals surface area contributed by atoms with Crippen LogP contribution in [0.4, 0.5) is 10.3 Å². The van der Waals surface area contributed by atoms with Gasteiger partial charge in [0.25, 0.3) is 0 Å². The van der Waals surface area contributed by atoms with Crippen LogP contribution in [0.25, 0.3) is 11.0 Å². The Bertz CT molecular complexity index is 903. The molecule has 1 saturated carbocycles. The molecule has 1 fully saturated rings. The molecule has 2 aromatic carbocycles. The zero-order valence-electron chi connectivity index (χ0n) is 14.5. The summed E-state index contributed by atoms with van der Waals surface area (Å²) in [5, 5.41) is 3.93. The van der Waals surface area contributed by atoms with E-state index in [1.807, 2.05) is 28.8 Å². The zero-order valence-corrected chi connectivity index (χ0v) is 15.2. The number of benzene rings is 2. The third-order valence-corrected chi connectivity index (χ3v) is 5.52. The molecule has 3 aromatic rings. The van der Waals surface area contributed by atoms with Crippen LogP contribution in [0.2, 0.25) is 5.02 Å². The fraction of sp³-hybridized carbons (Fsp3) is 0.350. The van der Waals surface area contributed by atoms with Crippen molar-refractivity contribution in [3.8, 4) is 0 Å². The molecular formula is C20H22ClFN4. The number of fused-ring (bicyclic) bond motifs is 1. The summed E-state index contributed by atoms with van der Waals surface area (Å²) in [7, 11) is 0. The van der Waals surface area contributed by atoms with Crippen LogP contribution in [0.3, 0.4) is 0 Å². The van der Waals surface area contributed by atoms with Crippen LogP contribution < -0.4 is 11.1 Å². The van der Waals surface area contributed by atoms with E-state index in [9.17, 15) is 4.39 Å². The quantitative estimate of drug-likeness (QED) is 0.705. The van der Waals surface area contributed by atoms with Gasteiger partial charge in [-0.25, -0.2) is 9.37 Å². The lowest BCUT2D eigenvalue weighted by atomic mass is 9.91. The lowest BCUT2D eigenvalue weighted by Gasteiger charge is -2.30. The van der Waals surface area contributed by atoms with Gasteiger partial charge in [0.15, 0.2) is 0 Å². The van der Waals surface area contributed by atoms with E-state index >= 15 is 0 Å². The monoisotopic (exact) mass is 372 g/mol. The van der Waals surface area contributed by atoms with Crippen molar-refractivity contribution in [1.29, 1.82) is 0 Å². The summed E-state index contributed by atoms with van der Waals surface area (Å²) in [4.78, 5) is 4.73. The summed E-state index contributed by atoms with van der Waals surface area (Å²) in [5.74, 6) is 0.406. The molecule has 0 radical (unpaired) electrons. The summed E-state index contributed by atoms with van der Waals surface area (Å²) < 4.78 is 16.3. The third kappa shape index (κ3) is 3.29. The molecule has 6 heteroatoms. The predicted molar refractivity (Wildman–Crippen MR) is 104 cm³/mol. The fourth-order valence-electron chi connectivity index (χ4n) is 3.69. The van der Waals surface area contributed by atoms with Crippen molar-refractivity contribution in [2.24, 2.45) is 5.73 Å². The largest absolute Gasteiger partial charge is 0.351 e. The lowest BCUT2D eigenvalue weighted by Crippen LogP contribution is -2.43. The molecule has 1 aliphatic carbocycles. The van der Waals surface area contributed by atoms with Crippen LogP contribution in [0.1, 0.15) is 31.2 Å². The number of halogens is 2. The molecule has 26 heavy (non-hydrogen) atoms. The number of nitrogens with two attached hydrogens (primary N) is 1. The molecule has 4 rings (SSSR count). The van der Waals surface area contributed by atoms with E-state index in [1.54, 1.807) is 12.1 Å². The number of nitrogens with one attached hydrogen (secondary N) is 1. The molecule has 2 atom stereocenters. The normalized spacial score (nSPS) is 20.4. The van der Waals surface area contributed by atoms with E-state index in [4.69, 9.17) is 22.3 Å². The van der Waals surface area contributed by atoms with Gasteiger partial charge in [-0.1, -0.05) is 42.6 Å². The van der Waals surface area contributed by atoms with Crippen molar-refractivity contribution in [3.05, 3.63) is 58.9 Å². The molecule has 0 amide bonds. The minimum atomic E-state index is -0.310. The van der Waals surface area contributed by atoms with Gasteiger partial charge in [-0.05, 0) is 37.1 Å².